The highest BCUT2D eigenvalue weighted by molar-refractivity contribution is 9.10. The summed E-state index contributed by atoms with van der Waals surface area (Å²) in [5, 5.41) is 14.0. The Labute approximate surface area is 126 Å². The lowest BCUT2D eigenvalue weighted by atomic mass is 10.1. The van der Waals surface area contributed by atoms with Crippen molar-refractivity contribution in [2.75, 3.05) is 11.9 Å². The molecule has 1 atom stereocenters. The first kappa shape index (κ1) is 14.4. The molecule has 1 unspecified atom stereocenters. The second kappa shape index (κ2) is 6.42. The molecule has 4 heteroatoms. The van der Waals surface area contributed by atoms with E-state index in [1.807, 2.05) is 37.3 Å². The van der Waals surface area contributed by atoms with Crippen LogP contribution in [0.15, 0.2) is 46.9 Å². The standard InChI is InChI=1S/C15H15BrClNO/c1-10-2-7-14(13(16)8-10)18-9-15(19)11-3-5-12(17)6-4-11/h2-8,15,18-19H,9H2,1H3. The second-order valence-corrected chi connectivity index (χ2v) is 5.72. The highest BCUT2D eigenvalue weighted by Gasteiger charge is 2.08. The summed E-state index contributed by atoms with van der Waals surface area (Å²) in [5.41, 5.74) is 3.01. The van der Waals surface area contributed by atoms with Crippen molar-refractivity contribution in [3.05, 3.63) is 63.1 Å². The molecule has 0 amide bonds. The number of aryl methyl sites for hydroxylation is 1. The zero-order valence-electron chi connectivity index (χ0n) is 10.5. The monoisotopic (exact) mass is 339 g/mol. The van der Waals surface area contributed by atoms with E-state index in [0.29, 0.717) is 11.6 Å². The van der Waals surface area contributed by atoms with Crippen LogP contribution >= 0.6 is 27.5 Å². The van der Waals surface area contributed by atoms with E-state index >= 15 is 0 Å². The van der Waals surface area contributed by atoms with Gasteiger partial charge in [0.2, 0.25) is 0 Å². The number of benzene rings is 2. The van der Waals surface area contributed by atoms with E-state index in [0.717, 1.165) is 15.7 Å². The smallest absolute Gasteiger partial charge is 0.0962 e. The Morgan fingerprint density at radius 2 is 1.89 bits per heavy atom. The minimum atomic E-state index is -0.564. The van der Waals surface area contributed by atoms with Crippen LogP contribution in [-0.2, 0) is 0 Å². The van der Waals surface area contributed by atoms with Gasteiger partial charge in [0, 0.05) is 21.7 Å². The van der Waals surface area contributed by atoms with Gasteiger partial charge in [0.25, 0.3) is 0 Å². The first-order chi connectivity index (χ1) is 9.06. The maximum absolute atomic E-state index is 10.1. The number of nitrogens with one attached hydrogen (secondary N) is 1. The predicted molar refractivity (Wildman–Crippen MR) is 83.8 cm³/mol. The molecular formula is C15H15BrClNO. The average Bonchev–Trinajstić information content (AvgIpc) is 2.38. The molecule has 19 heavy (non-hydrogen) atoms. The summed E-state index contributed by atoms with van der Waals surface area (Å²) in [4.78, 5) is 0. The van der Waals surface area contributed by atoms with Crippen LogP contribution in [0.4, 0.5) is 5.69 Å². The maximum atomic E-state index is 10.1. The molecule has 0 spiro atoms. The number of aliphatic hydroxyl groups excluding tert-OH is 1. The molecule has 0 heterocycles. The molecule has 0 saturated carbocycles. The Hall–Kier alpha value is -1.03. The molecule has 0 bridgehead atoms. The van der Waals surface area contributed by atoms with Crippen molar-refractivity contribution in [1.29, 1.82) is 0 Å². The predicted octanol–water partition coefficient (Wildman–Crippen LogP) is 4.56. The van der Waals surface area contributed by atoms with Crippen molar-refractivity contribution >= 4 is 33.2 Å². The molecule has 0 aliphatic carbocycles. The van der Waals surface area contributed by atoms with Crippen molar-refractivity contribution < 1.29 is 5.11 Å². The molecule has 0 radical (unpaired) electrons. The van der Waals surface area contributed by atoms with E-state index in [9.17, 15) is 5.11 Å². The molecule has 0 fully saturated rings. The third kappa shape index (κ3) is 3.96. The van der Waals surface area contributed by atoms with Crippen molar-refractivity contribution in [1.82, 2.24) is 0 Å². The first-order valence-corrected chi connectivity index (χ1v) is 7.17. The Morgan fingerprint density at radius 1 is 1.21 bits per heavy atom. The minimum absolute atomic E-state index is 0.448. The molecule has 0 aliphatic rings. The van der Waals surface area contributed by atoms with Crippen molar-refractivity contribution in [2.45, 2.75) is 13.0 Å². The number of hydrogen-bond donors (Lipinski definition) is 2. The highest BCUT2D eigenvalue weighted by Crippen LogP contribution is 2.24. The van der Waals surface area contributed by atoms with Crippen LogP contribution in [0.1, 0.15) is 17.2 Å². The largest absolute Gasteiger partial charge is 0.387 e. The zero-order chi connectivity index (χ0) is 13.8. The van der Waals surface area contributed by atoms with Gasteiger partial charge in [0.15, 0.2) is 0 Å². The molecule has 2 aromatic rings. The van der Waals surface area contributed by atoms with Crippen LogP contribution in [0.5, 0.6) is 0 Å². The van der Waals surface area contributed by atoms with Gasteiger partial charge in [0.05, 0.1) is 6.10 Å². The summed E-state index contributed by atoms with van der Waals surface area (Å²) in [6.45, 7) is 2.49. The van der Waals surface area contributed by atoms with E-state index in [1.54, 1.807) is 12.1 Å². The molecule has 100 valence electrons. The Kier molecular flexibility index (Phi) is 4.86. The fraction of sp³-hybridized carbons (Fsp3) is 0.200. The van der Waals surface area contributed by atoms with Gasteiger partial charge in [-0.3, -0.25) is 0 Å². The Balaban J connectivity index is 2.00. The average molecular weight is 341 g/mol. The molecular weight excluding hydrogens is 326 g/mol. The maximum Gasteiger partial charge on any atom is 0.0962 e. The highest BCUT2D eigenvalue weighted by atomic mass is 79.9. The van der Waals surface area contributed by atoms with Crippen LogP contribution in [-0.4, -0.2) is 11.7 Å². The van der Waals surface area contributed by atoms with Crippen molar-refractivity contribution in [2.24, 2.45) is 0 Å². The van der Waals surface area contributed by atoms with E-state index in [4.69, 9.17) is 11.6 Å². The lowest BCUT2D eigenvalue weighted by molar-refractivity contribution is 0.191. The summed E-state index contributed by atoms with van der Waals surface area (Å²) >= 11 is 9.32. The third-order valence-corrected chi connectivity index (χ3v) is 3.77. The lowest BCUT2D eigenvalue weighted by Crippen LogP contribution is -2.12. The number of hydrogen-bond acceptors (Lipinski definition) is 2. The molecule has 2 rings (SSSR count). The number of rotatable bonds is 4. The second-order valence-electron chi connectivity index (χ2n) is 4.43. The molecule has 2 N–H and O–H groups in total. The van der Waals surface area contributed by atoms with E-state index in [2.05, 4.69) is 21.2 Å². The molecule has 2 aromatic carbocycles. The normalized spacial score (nSPS) is 12.2. The first-order valence-electron chi connectivity index (χ1n) is 6.00. The minimum Gasteiger partial charge on any atom is -0.387 e. The SMILES string of the molecule is Cc1ccc(NCC(O)c2ccc(Cl)cc2)c(Br)c1. The Bertz CT molecular complexity index is 557. The summed E-state index contributed by atoms with van der Waals surface area (Å²) in [6, 6.07) is 13.3. The van der Waals surface area contributed by atoms with Crippen molar-refractivity contribution in [3.63, 3.8) is 0 Å². The number of halogens is 2. The van der Waals surface area contributed by atoms with E-state index < -0.39 is 6.10 Å². The van der Waals surface area contributed by atoms with Gasteiger partial charge in [-0.2, -0.15) is 0 Å². The molecule has 0 aromatic heterocycles. The summed E-state index contributed by atoms with van der Waals surface area (Å²) in [7, 11) is 0. The summed E-state index contributed by atoms with van der Waals surface area (Å²) < 4.78 is 0.996. The van der Waals surface area contributed by atoms with Crippen LogP contribution in [0.2, 0.25) is 5.02 Å². The van der Waals surface area contributed by atoms with Gasteiger partial charge in [-0.25, -0.2) is 0 Å². The molecule has 0 saturated heterocycles. The Morgan fingerprint density at radius 3 is 2.53 bits per heavy atom. The van der Waals surface area contributed by atoms with Gasteiger partial charge in [0.1, 0.15) is 0 Å². The quantitative estimate of drug-likeness (QED) is 0.855. The number of anilines is 1. The van der Waals surface area contributed by atoms with E-state index in [1.165, 1.54) is 5.56 Å². The summed E-state index contributed by atoms with van der Waals surface area (Å²) in [5.74, 6) is 0. The fourth-order valence-electron chi connectivity index (χ4n) is 1.77. The van der Waals surface area contributed by atoms with Crippen molar-refractivity contribution in [3.8, 4) is 0 Å². The lowest BCUT2D eigenvalue weighted by Gasteiger charge is -2.14. The van der Waals surface area contributed by atoms with Gasteiger partial charge in [-0.1, -0.05) is 29.8 Å². The zero-order valence-corrected chi connectivity index (χ0v) is 12.9. The van der Waals surface area contributed by atoms with Crippen LogP contribution < -0.4 is 5.32 Å². The van der Waals surface area contributed by atoms with Gasteiger partial charge >= 0.3 is 0 Å². The topological polar surface area (TPSA) is 32.3 Å². The third-order valence-electron chi connectivity index (χ3n) is 2.87. The number of aliphatic hydroxyl groups is 1. The van der Waals surface area contributed by atoms with E-state index in [-0.39, 0.29) is 0 Å². The van der Waals surface area contributed by atoms with Crippen LogP contribution in [0.25, 0.3) is 0 Å². The van der Waals surface area contributed by atoms with Gasteiger partial charge < -0.3 is 10.4 Å². The fourth-order valence-corrected chi connectivity index (χ4v) is 2.53. The molecule has 0 aliphatic heterocycles. The summed E-state index contributed by atoms with van der Waals surface area (Å²) in [6.07, 6.45) is -0.564. The van der Waals surface area contributed by atoms with Gasteiger partial charge in [-0.05, 0) is 58.2 Å². The molecule has 2 nitrogen and oxygen atoms in total. The van der Waals surface area contributed by atoms with Crippen LogP contribution in [0, 0.1) is 6.92 Å². The van der Waals surface area contributed by atoms with Crippen LogP contribution in [0.3, 0.4) is 0 Å². The van der Waals surface area contributed by atoms with Gasteiger partial charge in [-0.15, -0.1) is 0 Å².